The maximum Gasteiger partial charge on any atom is 0.252 e. The second kappa shape index (κ2) is 25.6. The molecule has 0 N–H and O–H groups in total. The molecule has 0 amide bonds. The first-order valence-electron chi connectivity index (χ1n) is 34.6. The lowest BCUT2D eigenvalue weighted by Gasteiger charge is -2.44. The highest BCUT2D eigenvalue weighted by Crippen LogP contribution is 2.49. The first kappa shape index (κ1) is 62.8. The van der Waals surface area contributed by atoms with Gasteiger partial charge < -0.3 is 34.1 Å². The molecule has 0 aromatic heterocycles. The van der Waals surface area contributed by atoms with Gasteiger partial charge in [0.2, 0.25) is 0 Å². The summed E-state index contributed by atoms with van der Waals surface area (Å²) in [6, 6.07) is 131. The van der Waals surface area contributed by atoms with Crippen molar-refractivity contribution < 1.29 is 4.74 Å². The van der Waals surface area contributed by atoms with Gasteiger partial charge >= 0.3 is 0 Å². The predicted molar refractivity (Wildman–Crippen MR) is 443 cm³/mol. The number of para-hydroxylation sites is 9. The molecule has 21 rings (SSSR count). The van der Waals surface area contributed by atoms with Crippen LogP contribution in [-0.4, -0.2) is 20.1 Å². The summed E-state index contributed by atoms with van der Waals surface area (Å²) < 4.78 is 8.25. The van der Waals surface area contributed by atoms with E-state index in [9.17, 15) is 0 Å². The van der Waals surface area contributed by atoms with E-state index >= 15 is 0 Å². The maximum absolute atomic E-state index is 7.15. The van der Waals surface area contributed by atoms with Gasteiger partial charge in [0.15, 0.2) is 0 Å². The Hall–Kier alpha value is -12.4. The van der Waals surface area contributed by atoms with Crippen LogP contribution in [0.2, 0.25) is 0 Å². The highest BCUT2D eigenvalue weighted by Gasteiger charge is 2.47. The van der Waals surface area contributed by atoms with Gasteiger partial charge in [-0.1, -0.05) is 219 Å². The van der Waals surface area contributed by atoms with Crippen molar-refractivity contribution in [3.05, 3.63) is 368 Å². The van der Waals surface area contributed by atoms with E-state index in [2.05, 4.69) is 409 Å². The Morgan fingerprint density at radius 2 is 0.408 bits per heavy atom. The number of anilines is 18. The van der Waals surface area contributed by atoms with E-state index in [1.807, 2.05) is 0 Å². The summed E-state index contributed by atoms with van der Waals surface area (Å²) in [6.45, 7) is 0.116. The molecule has 0 fully saturated rings. The Labute approximate surface area is 612 Å². The Morgan fingerprint density at radius 3 is 0.680 bits per heavy atom. The first-order valence-corrected chi connectivity index (χ1v) is 35.4. The fraction of sp³-hybridized carbons (Fsp3) is 0.0217. The number of hydrogen-bond acceptors (Lipinski definition) is 7. The summed E-state index contributed by atoms with van der Waals surface area (Å²) in [5.41, 5.74) is 32.7. The normalized spacial score (nSPS) is 13.2. The Kier molecular flexibility index (Phi) is 15.6. The van der Waals surface area contributed by atoms with Crippen LogP contribution < -0.4 is 83.3 Å². The molecule has 15 aromatic carbocycles. The van der Waals surface area contributed by atoms with E-state index in [0.29, 0.717) is 0 Å². The quantitative estimate of drug-likeness (QED) is 0.140. The number of fused-ring (bicyclic) bond motifs is 12. The number of nitrogens with zero attached hydrogens (tertiary/aromatic N) is 6. The molecular formula is C92H68B3BrN6O. The van der Waals surface area contributed by atoms with Crippen molar-refractivity contribution in [3.8, 4) is 11.5 Å². The van der Waals surface area contributed by atoms with Gasteiger partial charge in [0.25, 0.3) is 20.1 Å². The molecule has 0 spiro atoms. The van der Waals surface area contributed by atoms with Gasteiger partial charge in [0.05, 0.1) is 0 Å². The van der Waals surface area contributed by atoms with E-state index < -0.39 is 0 Å². The van der Waals surface area contributed by atoms with Crippen LogP contribution in [0.25, 0.3) is 0 Å². The third kappa shape index (κ3) is 10.0. The molecule has 0 saturated heterocycles. The Morgan fingerprint density at radius 1 is 0.194 bits per heavy atom. The molecule has 103 heavy (non-hydrogen) atoms. The van der Waals surface area contributed by atoms with E-state index in [-0.39, 0.29) is 35.0 Å². The summed E-state index contributed by atoms with van der Waals surface area (Å²) in [5, 5.41) is 0. The van der Waals surface area contributed by atoms with Crippen LogP contribution in [0.5, 0.6) is 11.5 Å². The third-order valence-electron chi connectivity index (χ3n) is 20.9. The summed E-state index contributed by atoms with van der Waals surface area (Å²) in [7, 11) is 0. The minimum absolute atomic E-state index is 0. The number of hydrogen-bond donors (Lipinski definition) is 0. The Bertz CT molecular complexity index is 5460. The lowest BCUT2D eigenvalue weighted by molar-refractivity contribution is 0.483. The molecule has 0 saturated carbocycles. The van der Waals surface area contributed by atoms with E-state index in [1.54, 1.807) is 0 Å². The molecular weight excluding hydrogens is 1320 g/mol. The molecule has 0 bridgehead atoms. The minimum Gasteiger partial charge on any atom is -0.457 e. The fourth-order valence-electron chi connectivity index (χ4n) is 17.0. The topological polar surface area (TPSA) is 28.7 Å². The molecule has 0 atom stereocenters. The smallest absolute Gasteiger partial charge is 0.252 e. The average molecular weight is 1390 g/mol. The number of benzene rings is 15. The summed E-state index contributed by atoms with van der Waals surface area (Å²) >= 11 is 3.76. The Balaban J connectivity index is 0.000000177. The second-order valence-electron chi connectivity index (χ2n) is 26.4. The zero-order valence-corrected chi connectivity index (χ0v) is 56.4. The molecule has 11 heteroatoms. The molecule has 7 nitrogen and oxygen atoms in total. The zero-order valence-electron chi connectivity index (χ0n) is 54.8. The van der Waals surface area contributed by atoms with Crippen LogP contribution in [0.1, 0.15) is 14.9 Å². The number of halogens is 1. The van der Waals surface area contributed by atoms with Crippen molar-refractivity contribution >= 4 is 188 Å². The summed E-state index contributed by atoms with van der Waals surface area (Å²) in [4.78, 5) is 14.5. The van der Waals surface area contributed by atoms with Gasteiger partial charge in [-0.05, 0) is 225 Å². The van der Waals surface area contributed by atoms with Gasteiger partial charge in [-0.3, -0.25) is 0 Å². The second-order valence-corrected chi connectivity index (χ2v) is 27.3. The SMILES string of the molecule is Brc1ccc2c(c1)B1c3ccccc3N(c3ccccc3)c3cccc(c31)N2c1ccccc1.C.C.c1ccc(N2c3ccccc3B3c4cc(Oc5ccc6c(c5)B5c7ccccc7N(c7ccccc7)c7cccc(c75)N6c5ccccc5)ccc4N(c4ccccc4)c4cccc2c43)cc1. The van der Waals surface area contributed by atoms with Crippen molar-refractivity contribution in [1.82, 2.24) is 0 Å². The van der Waals surface area contributed by atoms with Gasteiger partial charge in [0.1, 0.15) is 11.5 Å². The minimum atomic E-state index is -0.0231. The molecule has 6 aliphatic heterocycles. The van der Waals surface area contributed by atoms with Gasteiger partial charge in [-0.15, -0.1) is 0 Å². The van der Waals surface area contributed by atoms with Crippen LogP contribution in [0.15, 0.2) is 368 Å². The van der Waals surface area contributed by atoms with Crippen LogP contribution in [0.4, 0.5) is 102 Å². The van der Waals surface area contributed by atoms with Crippen LogP contribution in [0, 0.1) is 0 Å². The van der Waals surface area contributed by atoms with Gasteiger partial charge in [-0.25, -0.2) is 0 Å². The van der Waals surface area contributed by atoms with Crippen LogP contribution in [0.3, 0.4) is 0 Å². The number of rotatable bonds is 8. The third-order valence-corrected chi connectivity index (χ3v) is 21.4. The predicted octanol–water partition coefficient (Wildman–Crippen LogP) is 19.4. The lowest BCUT2D eigenvalue weighted by atomic mass is 9.33. The highest BCUT2D eigenvalue weighted by atomic mass is 79.9. The van der Waals surface area contributed by atoms with Crippen molar-refractivity contribution in [1.29, 1.82) is 0 Å². The van der Waals surface area contributed by atoms with Crippen LogP contribution in [-0.2, 0) is 0 Å². The molecule has 6 heterocycles. The van der Waals surface area contributed by atoms with Gasteiger partial charge in [-0.2, -0.15) is 0 Å². The average Bonchev–Trinajstić information content (AvgIpc) is 0.715. The summed E-state index contributed by atoms with van der Waals surface area (Å²) in [6.07, 6.45) is 0. The van der Waals surface area contributed by atoms with Crippen molar-refractivity contribution in [2.45, 2.75) is 14.9 Å². The molecule has 0 aliphatic carbocycles. The van der Waals surface area contributed by atoms with Crippen molar-refractivity contribution in [3.63, 3.8) is 0 Å². The van der Waals surface area contributed by atoms with E-state index in [4.69, 9.17) is 4.74 Å². The molecule has 488 valence electrons. The highest BCUT2D eigenvalue weighted by molar-refractivity contribution is 9.10. The first-order chi connectivity index (χ1) is 50.1. The van der Waals surface area contributed by atoms with Crippen LogP contribution >= 0.6 is 15.9 Å². The van der Waals surface area contributed by atoms with Crippen molar-refractivity contribution in [2.75, 3.05) is 29.4 Å². The number of ether oxygens (including phenoxy) is 1. The van der Waals surface area contributed by atoms with E-state index in [1.165, 1.54) is 117 Å². The lowest BCUT2D eigenvalue weighted by Crippen LogP contribution is -2.61. The summed E-state index contributed by atoms with van der Waals surface area (Å²) in [5.74, 6) is 1.60. The largest absolute Gasteiger partial charge is 0.457 e. The van der Waals surface area contributed by atoms with Gasteiger partial charge in [0, 0.05) is 107 Å². The maximum atomic E-state index is 7.15. The molecule has 15 aromatic rings. The zero-order chi connectivity index (χ0) is 66.7. The molecule has 0 radical (unpaired) electrons. The fourth-order valence-corrected chi connectivity index (χ4v) is 17.4. The molecule has 0 unspecified atom stereocenters. The standard InChI is InChI=1S/C60H40B2N4O.C30H20BBrN2.2CH4/c1-5-19-41(20-6-1)63-51-29-15-13-27-47(51)61-49-39-45(35-37-53(49)65(43-23-9-3-10-24-43)57-33-17-31-55(63)59(57)61)67-46-36-38-54-50(40-46)62-48-28-14-16-30-52(48)64(42-21-7-2-8-22-42)56-32-18-34-58(60(56)62)66(54)44-25-11-4-12-26-44;32-21-18-19-27-25(20-21)31-24-14-7-8-15-26(24)33(22-10-3-1-4-11-22)28-16-9-17-29(30(28)31)34(27)23-12-5-2-6-13-23;;/h1-40H;1-20H;2*1H4. The van der Waals surface area contributed by atoms with E-state index in [0.717, 1.165) is 50.1 Å². The van der Waals surface area contributed by atoms with Crippen molar-refractivity contribution in [2.24, 2.45) is 0 Å². The molecule has 6 aliphatic rings. The monoisotopic (exact) mass is 1380 g/mol.